The minimum absolute atomic E-state index is 0.0460. The minimum atomic E-state index is -2.06. The fraction of sp³-hybridized carbons (Fsp3) is 0.318. The van der Waals surface area contributed by atoms with Crippen molar-refractivity contribution in [2.45, 2.75) is 31.8 Å². The van der Waals surface area contributed by atoms with Gasteiger partial charge in [-0.25, -0.2) is 8.93 Å². The van der Waals surface area contributed by atoms with Gasteiger partial charge in [-0.2, -0.15) is 4.98 Å². The van der Waals surface area contributed by atoms with Crippen molar-refractivity contribution in [1.82, 2.24) is 19.8 Å². The van der Waals surface area contributed by atoms with E-state index in [4.69, 9.17) is 13.8 Å². The van der Waals surface area contributed by atoms with Gasteiger partial charge >= 0.3 is 0 Å². The lowest BCUT2D eigenvalue weighted by Gasteiger charge is -2.33. The standard InChI is InChI=1S/C22H24N4O5S/c27-20(15-30-18-6-2-1-3-7-18)26-13-5-4-8-19(26)22-24-21(25-31-22)17-11-9-16(10-12-17)14-23-32(28)29/h1-3,6-7,9-12,19,23H,4-5,8,13-15H2,(H,28,29). The van der Waals surface area contributed by atoms with Gasteiger partial charge in [-0.05, 0) is 37.0 Å². The average molecular weight is 457 g/mol. The number of piperidine rings is 1. The summed E-state index contributed by atoms with van der Waals surface area (Å²) in [5, 5.41) is 4.09. The zero-order chi connectivity index (χ0) is 22.3. The second-order valence-corrected chi connectivity index (χ2v) is 8.21. The van der Waals surface area contributed by atoms with Gasteiger partial charge in [0.1, 0.15) is 11.8 Å². The Kier molecular flexibility index (Phi) is 7.25. The smallest absolute Gasteiger partial charge is 0.261 e. The number of aromatic nitrogens is 2. The van der Waals surface area contributed by atoms with E-state index in [1.165, 1.54) is 0 Å². The third-order valence-electron chi connectivity index (χ3n) is 5.27. The number of para-hydroxylation sites is 1. The summed E-state index contributed by atoms with van der Waals surface area (Å²) >= 11 is -2.06. The Balaban J connectivity index is 1.43. The van der Waals surface area contributed by atoms with Crippen LogP contribution in [0.25, 0.3) is 11.4 Å². The Morgan fingerprint density at radius 3 is 2.72 bits per heavy atom. The first kappa shape index (κ1) is 22.1. The van der Waals surface area contributed by atoms with Gasteiger partial charge in [0.15, 0.2) is 6.61 Å². The van der Waals surface area contributed by atoms with E-state index < -0.39 is 11.3 Å². The molecule has 0 aliphatic carbocycles. The molecule has 0 radical (unpaired) electrons. The zero-order valence-corrected chi connectivity index (χ0v) is 18.2. The van der Waals surface area contributed by atoms with E-state index in [1.54, 1.807) is 4.90 Å². The topological polar surface area (TPSA) is 118 Å². The lowest BCUT2D eigenvalue weighted by atomic mass is 10.0. The van der Waals surface area contributed by atoms with Gasteiger partial charge in [-0.1, -0.05) is 47.6 Å². The lowest BCUT2D eigenvalue weighted by molar-refractivity contribution is -0.138. The summed E-state index contributed by atoms with van der Waals surface area (Å²) in [4.78, 5) is 19.1. The van der Waals surface area contributed by atoms with E-state index in [9.17, 15) is 9.00 Å². The van der Waals surface area contributed by atoms with E-state index in [-0.39, 0.29) is 25.1 Å². The molecule has 0 spiro atoms. The summed E-state index contributed by atoms with van der Waals surface area (Å²) in [6.07, 6.45) is 2.64. The maximum atomic E-state index is 12.8. The molecule has 4 rings (SSSR count). The molecule has 0 saturated carbocycles. The molecule has 1 aliphatic rings. The molecule has 9 nitrogen and oxygen atoms in total. The highest BCUT2D eigenvalue weighted by molar-refractivity contribution is 7.77. The number of likely N-dealkylation sites (tertiary alicyclic amines) is 1. The monoisotopic (exact) mass is 456 g/mol. The van der Waals surface area contributed by atoms with Crippen LogP contribution in [0.15, 0.2) is 59.1 Å². The van der Waals surface area contributed by atoms with Crippen LogP contribution in [0.1, 0.15) is 36.8 Å². The van der Waals surface area contributed by atoms with Crippen LogP contribution in [0.3, 0.4) is 0 Å². The van der Waals surface area contributed by atoms with Crippen molar-refractivity contribution in [3.63, 3.8) is 0 Å². The van der Waals surface area contributed by atoms with Crippen molar-refractivity contribution in [3.05, 3.63) is 66.1 Å². The van der Waals surface area contributed by atoms with Crippen LogP contribution >= 0.6 is 0 Å². The molecular formula is C22H24N4O5S. The Labute approximate surface area is 188 Å². The van der Waals surface area contributed by atoms with Crippen LogP contribution < -0.4 is 9.46 Å². The fourth-order valence-electron chi connectivity index (χ4n) is 3.64. The zero-order valence-electron chi connectivity index (χ0n) is 17.3. The van der Waals surface area contributed by atoms with Crippen molar-refractivity contribution in [1.29, 1.82) is 0 Å². The first-order valence-corrected chi connectivity index (χ1v) is 11.5. The van der Waals surface area contributed by atoms with E-state index in [0.29, 0.717) is 24.0 Å². The molecule has 2 heterocycles. The molecule has 1 aliphatic heterocycles. The van der Waals surface area contributed by atoms with Gasteiger partial charge in [0, 0.05) is 18.7 Å². The van der Waals surface area contributed by atoms with Gasteiger partial charge in [-0.3, -0.25) is 9.35 Å². The quantitative estimate of drug-likeness (QED) is 0.500. The Morgan fingerprint density at radius 1 is 1.19 bits per heavy atom. The molecule has 2 unspecified atom stereocenters. The first-order valence-electron chi connectivity index (χ1n) is 10.3. The molecule has 168 valence electrons. The van der Waals surface area contributed by atoms with Crippen LogP contribution in [0, 0.1) is 0 Å². The average Bonchev–Trinajstić information content (AvgIpc) is 3.32. The molecule has 1 aromatic heterocycles. The van der Waals surface area contributed by atoms with E-state index in [2.05, 4.69) is 14.9 Å². The number of amides is 1. The fourth-order valence-corrected chi connectivity index (χ4v) is 3.93. The SMILES string of the molecule is O=C(COc1ccccc1)N1CCCCC1c1nc(-c2ccc(CNS(=O)O)cc2)no1. The molecule has 2 N–H and O–H groups in total. The number of hydrogen-bond acceptors (Lipinski definition) is 6. The molecule has 3 aromatic rings. The molecule has 2 aromatic carbocycles. The molecule has 1 saturated heterocycles. The number of benzene rings is 2. The third-order valence-corrected chi connectivity index (χ3v) is 5.66. The Bertz CT molecular complexity index is 1060. The Morgan fingerprint density at radius 2 is 1.97 bits per heavy atom. The minimum Gasteiger partial charge on any atom is -0.484 e. The highest BCUT2D eigenvalue weighted by Crippen LogP contribution is 2.31. The van der Waals surface area contributed by atoms with E-state index in [1.807, 2.05) is 54.6 Å². The maximum Gasteiger partial charge on any atom is 0.261 e. The lowest BCUT2D eigenvalue weighted by Crippen LogP contribution is -2.41. The Hall–Kier alpha value is -3.08. The predicted molar refractivity (Wildman–Crippen MR) is 118 cm³/mol. The second-order valence-electron chi connectivity index (χ2n) is 7.42. The number of carbonyl (C=O) groups is 1. The van der Waals surface area contributed by atoms with E-state index >= 15 is 0 Å². The number of nitrogens with one attached hydrogen (secondary N) is 1. The first-order chi connectivity index (χ1) is 15.6. The van der Waals surface area contributed by atoms with Crippen LogP contribution in [0.5, 0.6) is 5.75 Å². The summed E-state index contributed by atoms with van der Waals surface area (Å²) < 4.78 is 33.1. The number of carbonyl (C=O) groups excluding carboxylic acids is 1. The molecule has 0 bridgehead atoms. The highest BCUT2D eigenvalue weighted by Gasteiger charge is 2.32. The molecular weight excluding hydrogens is 432 g/mol. The summed E-state index contributed by atoms with van der Waals surface area (Å²) in [6.45, 7) is 0.841. The van der Waals surface area contributed by atoms with Gasteiger partial charge in [-0.15, -0.1) is 0 Å². The third kappa shape index (κ3) is 5.58. The van der Waals surface area contributed by atoms with Crippen molar-refractivity contribution < 1.29 is 22.8 Å². The van der Waals surface area contributed by atoms with Crippen LogP contribution in [-0.2, 0) is 22.6 Å². The highest BCUT2D eigenvalue weighted by atomic mass is 32.2. The predicted octanol–water partition coefficient (Wildman–Crippen LogP) is 3.10. The van der Waals surface area contributed by atoms with Crippen LogP contribution in [-0.4, -0.2) is 42.9 Å². The maximum absolute atomic E-state index is 12.8. The van der Waals surface area contributed by atoms with Gasteiger partial charge in [0.05, 0.1) is 0 Å². The van der Waals surface area contributed by atoms with Crippen molar-refractivity contribution >= 4 is 17.2 Å². The summed E-state index contributed by atoms with van der Waals surface area (Å²) in [5.74, 6) is 1.38. The van der Waals surface area contributed by atoms with Gasteiger partial charge in [0.25, 0.3) is 5.91 Å². The number of hydrogen-bond donors (Lipinski definition) is 2. The second kappa shape index (κ2) is 10.5. The number of nitrogens with zero attached hydrogens (tertiary/aromatic N) is 3. The van der Waals surface area contributed by atoms with Gasteiger partial charge < -0.3 is 14.2 Å². The van der Waals surface area contributed by atoms with Crippen LogP contribution in [0.4, 0.5) is 0 Å². The summed E-state index contributed by atoms with van der Waals surface area (Å²) in [7, 11) is 0. The van der Waals surface area contributed by atoms with Crippen molar-refractivity contribution in [2.24, 2.45) is 0 Å². The number of rotatable bonds is 8. The normalized spacial score (nSPS) is 17.2. The molecule has 1 fully saturated rings. The molecule has 10 heteroatoms. The van der Waals surface area contributed by atoms with Crippen LogP contribution in [0.2, 0.25) is 0 Å². The van der Waals surface area contributed by atoms with Crippen molar-refractivity contribution in [3.8, 4) is 17.1 Å². The molecule has 1 amide bonds. The number of ether oxygens (including phenoxy) is 1. The van der Waals surface area contributed by atoms with Gasteiger partial charge in [0.2, 0.25) is 23.0 Å². The molecule has 2 atom stereocenters. The summed E-state index contributed by atoms with van der Waals surface area (Å²) in [6, 6.07) is 16.3. The largest absolute Gasteiger partial charge is 0.484 e. The molecule has 32 heavy (non-hydrogen) atoms. The van der Waals surface area contributed by atoms with E-state index in [0.717, 1.165) is 30.4 Å². The summed E-state index contributed by atoms with van der Waals surface area (Å²) in [5.41, 5.74) is 1.61. The van der Waals surface area contributed by atoms with Crippen molar-refractivity contribution in [2.75, 3.05) is 13.2 Å².